The minimum atomic E-state index is -1.48. The zero-order valence-electron chi connectivity index (χ0n) is 17.1. The first kappa shape index (κ1) is 21.2. The third kappa shape index (κ3) is 3.80. The predicted octanol–water partition coefficient (Wildman–Crippen LogP) is 3.21. The number of methoxy groups -OCH3 is 2. The normalized spacial score (nSPS) is 26.4. The summed E-state index contributed by atoms with van der Waals surface area (Å²) in [6, 6.07) is 0. The van der Waals surface area contributed by atoms with Crippen molar-refractivity contribution >= 4 is 17.9 Å². The van der Waals surface area contributed by atoms with E-state index in [1.165, 1.54) is 14.2 Å². The van der Waals surface area contributed by atoms with Crippen LogP contribution in [-0.2, 0) is 28.6 Å². The van der Waals surface area contributed by atoms with E-state index in [1.807, 2.05) is 27.7 Å². The molecule has 2 rings (SSSR count). The lowest BCUT2D eigenvalue weighted by Crippen LogP contribution is -2.47. The molecule has 2 aliphatic rings. The zero-order chi connectivity index (χ0) is 20.6. The number of esters is 3. The molecule has 0 spiro atoms. The molecule has 0 radical (unpaired) electrons. The Hall–Kier alpha value is -2.11. The Bertz CT molecular complexity index is 665. The molecule has 0 aromatic rings. The Balaban J connectivity index is 2.40. The van der Waals surface area contributed by atoms with Crippen LogP contribution in [0.4, 0.5) is 0 Å². The van der Waals surface area contributed by atoms with Gasteiger partial charge in [0.1, 0.15) is 5.60 Å². The highest BCUT2D eigenvalue weighted by molar-refractivity contribution is 6.04. The van der Waals surface area contributed by atoms with Gasteiger partial charge in [-0.2, -0.15) is 0 Å². The van der Waals surface area contributed by atoms with Crippen LogP contribution in [-0.4, -0.2) is 37.7 Å². The van der Waals surface area contributed by atoms with Crippen LogP contribution in [0.15, 0.2) is 23.8 Å². The number of allylic oxidation sites excluding steroid dienone is 2. The molecule has 0 heterocycles. The lowest BCUT2D eigenvalue weighted by atomic mass is 9.65. The fraction of sp³-hybridized carbons (Fsp3) is 0.667. The number of carbonyl (C=O) groups is 3. The van der Waals surface area contributed by atoms with E-state index in [2.05, 4.69) is 6.58 Å². The van der Waals surface area contributed by atoms with Crippen molar-refractivity contribution in [3.8, 4) is 0 Å². The Morgan fingerprint density at radius 2 is 1.67 bits per heavy atom. The lowest BCUT2D eigenvalue weighted by molar-refractivity contribution is -0.171. The van der Waals surface area contributed by atoms with Crippen molar-refractivity contribution in [1.29, 1.82) is 0 Å². The van der Waals surface area contributed by atoms with Crippen LogP contribution in [0, 0.1) is 23.2 Å². The number of hydrogen-bond donors (Lipinski definition) is 0. The van der Waals surface area contributed by atoms with Crippen molar-refractivity contribution < 1.29 is 28.6 Å². The van der Waals surface area contributed by atoms with Crippen LogP contribution >= 0.6 is 0 Å². The van der Waals surface area contributed by atoms with Gasteiger partial charge in [-0.05, 0) is 64.4 Å². The molecule has 6 heteroatoms. The summed E-state index contributed by atoms with van der Waals surface area (Å²) in [5.74, 6) is -2.24. The minimum Gasteiger partial charge on any atom is -0.468 e. The third-order valence-corrected chi connectivity index (χ3v) is 5.50. The lowest BCUT2D eigenvalue weighted by Gasteiger charge is -2.39. The fourth-order valence-electron chi connectivity index (χ4n) is 4.40. The molecule has 1 saturated carbocycles. The smallest absolute Gasteiger partial charge is 0.327 e. The van der Waals surface area contributed by atoms with Crippen molar-refractivity contribution in [2.45, 2.75) is 52.6 Å². The molecule has 0 saturated heterocycles. The van der Waals surface area contributed by atoms with Gasteiger partial charge in [0.05, 0.1) is 20.1 Å². The van der Waals surface area contributed by atoms with Crippen molar-refractivity contribution in [2.75, 3.05) is 14.2 Å². The summed E-state index contributed by atoms with van der Waals surface area (Å²) in [7, 11) is 2.53. The molecule has 27 heavy (non-hydrogen) atoms. The molecule has 0 unspecified atom stereocenters. The minimum absolute atomic E-state index is 0.146. The van der Waals surface area contributed by atoms with Crippen molar-refractivity contribution in [3.63, 3.8) is 0 Å². The Kier molecular flexibility index (Phi) is 5.88. The summed E-state index contributed by atoms with van der Waals surface area (Å²) in [4.78, 5) is 37.9. The van der Waals surface area contributed by atoms with Crippen LogP contribution in [0.25, 0.3) is 0 Å². The Morgan fingerprint density at radius 3 is 2.11 bits per heavy atom. The van der Waals surface area contributed by atoms with E-state index in [4.69, 9.17) is 14.2 Å². The van der Waals surface area contributed by atoms with E-state index in [0.29, 0.717) is 19.3 Å². The predicted molar refractivity (Wildman–Crippen MR) is 99.5 cm³/mol. The Labute approximate surface area is 160 Å². The highest BCUT2D eigenvalue weighted by atomic mass is 16.6. The van der Waals surface area contributed by atoms with E-state index in [-0.39, 0.29) is 23.7 Å². The maximum Gasteiger partial charge on any atom is 0.327 e. The summed E-state index contributed by atoms with van der Waals surface area (Å²) in [6.45, 7) is 11.4. The molecule has 0 N–H and O–H groups in total. The fourth-order valence-corrected chi connectivity index (χ4v) is 4.40. The topological polar surface area (TPSA) is 78.9 Å². The van der Waals surface area contributed by atoms with Crippen LogP contribution < -0.4 is 0 Å². The molecular weight excluding hydrogens is 348 g/mol. The van der Waals surface area contributed by atoms with Gasteiger partial charge in [0.15, 0.2) is 5.41 Å². The molecule has 6 nitrogen and oxygen atoms in total. The van der Waals surface area contributed by atoms with Gasteiger partial charge in [0, 0.05) is 0 Å². The highest BCUT2D eigenvalue weighted by Crippen LogP contribution is 2.56. The van der Waals surface area contributed by atoms with Gasteiger partial charge in [0.25, 0.3) is 0 Å². The van der Waals surface area contributed by atoms with Crippen LogP contribution in [0.3, 0.4) is 0 Å². The molecule has 0 amide bonds. The monoisotopic (exact) mass is 378 g/mol. The first-order valence-electron chi connectivity index (χ1n) is 9.26. The van der Waals surface area contributed by atoms with E-state index in [1.54, 1.807) is 6.08 Å². The summed E-state index contributed by atoms with van der Waals surface area (Å²) in [5, 5.41) is 0. The van der Waals surface area contributed by atoms with Gasteiger partial charge in [-0.25, -0.2) is 0 Å². The number of rotatable bonds is 4. The van der Waals surface area contributed by atoms with Crippen molar-refractivity contribution in [3.05, 3.63) is 23.8 Å². The maximum atomic E-state index is 12.7. The number of hydrogen-bond acceptors (Lipinski definition) is 6. The second kappa shape index (κ2) is 7.49. The number of carbonyl (C=O) groups excluding carboxylic acids is 3. The van der Waals surface area contributed by atoms with E-state index < -0.39 is 23.0 Å². The van der Waals surface area contributed by atoms with Crippen molar-refractivity contribution in [1.82, 2.24) is 0 Å². The van der Waals surface area contributed by atoms with Gasteiger partial charge in [-0.3, -0.25) is 14.4 Å². The largest absolute Gasteiger partial charge is 0.468 e. The molecular formula is C21H30O6. The maximum absolute atomic E-state index is 12.7. The summed E-state index contributed by atoms with van der Waals surface area (Å²) in [6.07, 6.45) is 3.23. The van der Waals surface area contributed by atoms with Gasteiger partial charge >= 0.3 is 17.9 Å². The molecule has 0 aromatic heterocycles. The summed E-state index contributed by atoms with van der Waals surface area (Å²) < 4.78 is 15.5. The summed E-state index contributed by atoms with van der Waals surface area (Å²) >= 11 is 0. The standard InChI is InChI=1S/C21H30O6/c1-12(2)15-11-21(18(23)25-6,19(24)26-7)16-9-8-13(10-14(15)16)17(22)27-20(3,4)5/h11,13-14,16H,1,8-10H2,2-7H3/t13-,14-,16-/m1/s1. The average molecular weight is 378 g/mol. The molecule has 150 valence electrons. The third-order valence-electron chi connectivity index (χ3n) is 5.50. The van der Waals surface area contributed by atoms with Gasteiger partial charge in [-0.1, -0.05) is 18.2 Å². The molecule has 0 bridgehead atoms. The van der Waals surface area contributed by atoms with Gasteiger partial charge in [-0.15, -0.1) is 0 Å². The number of ether oxygens (including phenoxy) is 3. The van der Waals surface area contributed by atoms with E-state index in [0.717, 1.165) is 11.1 Å². The van der Waals surface area contributed by atoms with Crippen molar-refractivity contribution in [2.24, 2.45) is 23.2 Å². The second-order valence-corrected chi connectivity index (χ2v) is 8.49. The molecule has 0 aromatic carbocycles. The molecule has 1 fully saturated rings. The average Bonchev–Trinajstić information content (AvgIpc) is 2.94. The quantitative estimate of drug-likeness (QED) is 0.425. The van der Waals surface area contributed by atoms with Crippen LogP contribution in [0.5, 0.6) is 0 Å². The van der Waals surface area contributed by atoms with Gasteiger partial charge in [0.2, 0.25) is 0 Å². The Morgan fingerprint density at radius 1 is 1.11 bits per heavy atom. The first-order valence-corrected chi connectivity index (χ1v) is 9.26. The molecule has 2 aliphatic carbocycles. The molecule has 0 aliphatic heterocycles. The summed E-state index contributed by atoms with van der Waals surface area (Å²) in [5.41, 5.74) is -0.451. The van der Waals surface area contributed by atoms with E-state index in [9.17, 15) is 14.4 Å². The van der Waals surface area contributed by atoms with Crippen LogP contribution in [0.2, 0.25) is 0 Å². The highest BCUT2D eigenvalue weighted by Gasteiger charge is 2.61. The van der Waals surface area contributed by atoms with Crippen LogP contribution in [0.1, 0.15) is 47.0 Å². The number of fused-ring (bicyclic) bond motifs is 1. The van der Waals surface area contributed by atoms with Gasteiger partial charge < -0.3 is 14.2 Å². The second-order valence-electron chi connectivity index (χ2n) is 8.49. The SMILES string of the molecule is C=C(C)C1=CC(C(=O)OC)(C(=O)OC)[C@@H]2CC[C@@H](C(=O)OC(C)(C)C)C[C@H]12. The molecule has 3 atom stereocenters. The first-order chi connectivity index (χ1) is 12.5. The zero-order valence-corrected chi connectivity index (χ0v) is 17.1. The van der Waals surface area contributed by atoms with E-state index >= 15 is 0 Å².